The SMILES string of the molecule is O=C(N[C@H]1CC[C@@H]2CN(c3cccc(C(F)(F)F)n3)C[C@@H]21)C1(O)CCCC1. The first-order chi connectivity index (χ1) is 12.8. The molecule has 2 saturated carbocycles. The summed E-state index contributed by atoms with van der Waals surface area (Å²) in [5.74, 6) is 0.542. The standard InChI is InChI=1S/C19H24F3N3O2/c20-19(21,22)15-4-3-5-16(24-15)25-10-12-6-7-14(13(12)11-25)23-17(26)18(27)8-1-2-9-18/h3-5,12-14,27H,1-2,6-11H2,(H,23,26)/t12-,13+,14+/m1/s1. The van der Waals surface area contributed by atoms with Crippen molar-refractivity contribution < 1.29 is 23.1 Å². The molecule has 0 radical (unpaired) electrons. The number of carbonyl (C=O) groups is 1. The number of aliphatic hydroxyl groups is 1. The Morgan fingerprint density at radius 3 is 2.67 bits per heavy atom. The van der Waals surface area contributed by atoms with Gasteiger partial charge in [-0.05, 0) is 56.6 Å². The molecule has 148 valence electrons. The zero-order valence-electron chi connectivity index (χ0n) is 15.0. The summed E-state index contributed by atoms with van der Waals surface area (Å²) in [7, 11) is 0. The van der Waals surface area contributed by atoms with Crippen molar-refractivity contribution >= 4 is 11.7 Å². The Balaban J connectivity index is 1.43. The summed E-state index contributed by atoms with van der Waals surface area (Å²) in [4.78, 5) is 18.2. The zero-order valence-corrected chi connectivity index (χ0v) is 15.0. The molecule has 5 nitrogen and oxygen atoms in total. The first-order valence-corrected chi connectivity index (χ1v) is 9.59. The summed E-state index contributed by atoms with van der Waals surface area (Å²) in [6, 6.07) is 3.92. The lowest BCUT2D eigenvalue weighted by atomic mass is 9.96. The van der Waals surface area contributed by atoms with Crippen molar-refractivity contribution in [1.29, 1.82) is 0 Å². The minimum absolute atomic E-state index is 0.0390. The maximum Gasteiger partial charge on any atom is 0.433 e. The third kappa shape index (κ3) is 3.51. The van der Waals surface area contributed by atoms with Crippen LogP contribution >= 0.6 is 0 Å². The molecule has 0 spiro atoms. The number of hydrogen-bond acceptors (Lipinski definition) is 4. The van der Waals surface area contributed by atoms with Crippen LogP contribution in [0, 0.1) is 11.8 Å². The molecule has 1 amide bonds. The number of fused-ring (bicyclic) bond motifs is 1. The summed E-state index contributed by atoms with van der Waals surface area (Å²) in [6.07, 6.45) is 0.0223. The number of nitrogens with zero attached hydrogens (tertiary/aromatic N) is 2. The maximum atomic E-state index is 12.9. The van der Waals surface area contributed by atoms with Crippen LogP contribution in [0.5, 0.6) is 0 Å². The Morgan fingerprint density at radius 2 is 1.96 bits per heavy atom. The van der Waals surface area contributed by atoms with E-state index in [4.69, 9.17) is 0 Å². The van der Waals surface area contributed by atoms with Gasteiger partial charge in [-0.2, -0.15) is 13.2 Å². The number of hydrogen-bond donors (Lipinski definition) is 2. The molecule has 3 aliphatic rings. The summed E-state index contributed by atoms with van der Waals surface area (Å²) in [5.41, 5.74) is -2.13. The number of anilines is 1. The maximum absolute atomic E-state index is 12.9. The van der Waals surface area contributed by atoms with Crippen LogP contribution in [0.3, 0.4) is 0 Å². The molecule has 1 saturated heterocycles. The predicted molar refractivity (Wildman–Crippen MR) is 93.0 cm³/mol. The highest BCUT2D eigenvalue weighted by atomic mass is 19.4. The quantitative estimate of drug-likeness (QED) is 0.843. The number of amides is 1. The molecule has 8 heteroatoms. The topological polar surface area (TPSA) is 65.5 Å². The van der Waals surface area contributed by atoms with Gasteiger partial charge in [0.05, 0.1) is 0 Å². The molecule has 2 heterocycles. The highest BCUT2D eigenvalue weighted by molar-refractivity contribution is 5.85. The Labute approximate surface area is 156 Å². The lowest BCUT2D eigenvalue weighted by Gasteiger charge is -2.27. The number of halogens is 3. The van der Waals surface area contributed by atoms with Crippen molar-refractivity contribution in [3.8, 4) is 0 Å². The molecule has 3 fully saturated rings. The van der Waals surface area contributed by atoms with Gasteiger partial charge in [0.15, 0.2) is 0 Å². The molecule has 0 unspecified atom stereocenters. The molecule has 1 aromatic heterocycles. The molecule has 0 aromatic carbocycles. The van der Waals surface area contributed by atoms with Gasteiger partial charge in [0.25, 0.3) is 5.91 Å². The lowest BCUT2D eigenvalue weighted by molar-refractivity contribution is -0.141. The van der Waals surface area contributed by atoms with E-state index in [1.54, 1.807) is 6.07 Å². The van der Waals surface area contributed by atoms with Crippen molar-refractivity contribution in [2.24, 2.45) is 11.8 Å². The third-order valence-corrected chi connectivity index (χ3v) is 6.38. The second-order valence-corrected chi connectivity index (χ2v) is 8.10. The van der Waals surface area contributed by atoms with Gasteiger partial charge in [0.1, 0.15) is 17.1 Å². The fraction of sp³-hybridized carbons (Fsp3) is 0.684. The van der Waals surface area contributed by atoms with E-state index in [-0.39, 0.29) is 17.9 Å². The van der Waals surface area contributed by atoms with Crippen molar-refractivity contribution in [2.45, 2.75) is 56.3 Å². The van der Waals surface area contributed by atoms with Crippen LogP contribution in [0.25, 0.3) is 0 Å². The van der Waals surface area contributed by atoms with Crippen molar-refractivity contribution in [3.63, 3.8) is 0 Å². The highest BCUT2D eigenvalue weighted by Crippen LogP contribution is 2.41. The van der Waals surface area contributed by atoms with E-state index in [9.17, 15) is 23.1 Å². The minimum atomic E-state index is -4.46. The molecule has 2 N–H and O–H groups in total. The van der Waals surface area contributed by atoms with Crippen molar-refractivity contribution in [3.05, 3.63) is 23.9 Å². The van der Waals surface area contributed by atoms with E-state index in [0.29, 0.717) is 37.7 Å². The van der Waals surface area contributed by atoms with E-state index in [0.717, 1.165) is 31.7 Å². The van der Waals surface area contributed by atoms with E-state index < -0.39 is 17.5 Å². The van der Waals surface area contributed by atoms with Gasteiger partial charge >= 0.3 is 6.18 Å². The van der Waals surface area contributed by atoms with Gasteiger partial charge in [-0.15, -0.1) is 0 Å². The van der Waals surface area contributed by atoms with Gasteiger partial charge in [-0.25, -0.2) is 4.98 Å². The zero-order chi connectivity index (χ0) is 19.2. The van der Waals surface area contributed by atoms with E-state index in [1.165, 1.54) is 6.07 Å². The fourth-order valence-corrected chi connectivity index (χ4v) is 4.88. The molecular weight excluding hydrogens is 359 g/mol. The lowest BCUT2D eigenvalue weighted by Crippen LogP contribution is -2.50. The van der Waals surface area contributed by atoms with E-state index in [1.807, 2.05) is 4.90 Å². The predicted octanol–water partition coefficient (Wildman–Crippen LogP) is 2.74. The van der Waals surface area contributed by atoms with Crippen LogP contribution in [0.1, 0.15) is 44.2 Å². The number of alkyl halides is 3. The monoisotopic (exact) mass is 383 g/mol. The van der Waals surface area contributed by atoms with Gasteiger partial charge in [-0.1, -0.05) is 6.07 Å². The van der Waals surface area contributed by atoms with E-state index >= 15 is 0 Å². The Kier molecular flexibility index (Phi) is 4.56. The summed E-state index contributed by atoms with van der Waals surface area (Å²) in [5, 5.41) is 13.5. The smallest absolute Gasteiger partial charge is 0.380 e. The van der Waals surface area contributed by atoms with Crippen LogP contribution in [0.2, 0.25) is 0 Å². The van der Waals surface area contributed by atoms with Crippen LogP contribution in [0.4, 0.5) is 19.0 Å². The number of rotatable bonds is 3. The minimum Gasteiger partial charge on any atom is -0.380 e. The number of pyridine rings is 1. The Hall–Kier alpha value is -1.83. The van der Waals surface area contributed by atoms with Gasteiger partial charge in [0.2, 0.25) is 0 Å². The number of carbonyl (C=O) groups excluding carboxylic acids is 1. The number of nitrogens with one attached hydrogen (secondary N) is 1. The van der Waals surface area contributed by atoms with Crippen LogP contribution in [0.15, 0.2) is 18.2 Å². The molecule has 4 rings (SSSR count). The van der Waals surface area contributed by atoms with Gasteiger partial charge in [-0.3, -0.25) is 4.79 Å². The van der Waals surface area contributed by atoms with Gasteiger partial charge in [0, 0.05) is 25.0 Å². The molecule has 1 aromatic rings. The first-order valence-electron chi connectivity index (χ1n) is 9.59. The van der Waals surface area contributed by atoms with Crippen LogP contribution in [-0.2, 0) is 11.0 Å². The van der Waals surface area contributed by atoms with Crippen LogP contribution < -0.4 is 10.2 Å². The van der Waals surface area contributed by atoms with Gasteiger partial charge < -0.3 is 15.3 Å². The Bertz CT molecular complexity index is 718. The average Bonchev–Trinajstić information content (AvgIpc) is 3.32. The molecule has 3 atom stereocenters. The highest BCUT2D eigenvalue weighted by Gasteiger charge is 2.46. The van der Waals surface area contributed by atoms with Crippen molar-refractivity contribution in [2.75, 3.05) is 18.0 Å². The van der Waals surface area contributed by atoms with E-state index in [2.05, 4.69) is 10.3 Å². The number of aromatic nitrogens is 1. The summed E-state index contributed by atoms with van der Waals surface area (Å²) < 4.78 is 38.8. The van der Waals surface area contributed by atoms with Crippen LogP contribution in [-0.4, -0.2) is 40.7 Å². The Morgan fingerprint density at radius 1 is 1.22 bits per heavy atom. The first kappa shape index (κ1) is 18.5. The second kappa shape index (κ2) is 6.65. The molecule has 2 aliphatic carbocycles. The summed E-state index contributed by atoms with van der Waals surface area (Å²) in [6.45, 7) is 1.22. The normalized spacial score (nSPS) is 29.8. The molecule has 0 bridgehead atoms. The second-order valence-electron chi connectivity index (χ2n) is 8.10. The largest absolute Gasteiger partial charge is 0.433 e. The van der Waals surface area contributed by atoms with Crippen molar-refractivity contribution in [1.82, 2.24) is 10.3 Å². The average molecular weight is 383 g/mol. The molecular formula is C19H24F3N3O2. The fourth-order valence-electron chi connectivity index (χ4n) is 4.88. The molecule has 27 heavy (non-hydrogen) atoms. The summed E-state index contributed by atoms with van der Waals surface area (Å²) >= 11 is 0. The third-order valence-electron chi connectivity index (χ3n) is 6.38. The molecule has 1 aliphatic heterocycles.